The van der Waals surface area contributed by atoms with Crippen LogP contribution in [-0.4, -0.2) is 24.6 Å². The van der Waals surface area contributed by atoms with Crippen molar-refractivity contribution in [3.05, 3.63) is 36.3 Å². The van der Waals surface area contributed by atoms with Gasteiger partial charge < -0.3 is 10.2 Å². The van der Waals surface area contributed by atoms with Crippen molar-refractivity contribution in [3.8, 4) is 0 Å². The summed E-state index contributed by atoms with van der Waals surface area (Å²) in [5, 5.41) is 3.35. The van der Waals surface area contributed by atoms with Crippen LogP contribution in [0.15, 0.2) is 24.9 Å². The maximum Gasteiger partial charge on any atom is 0.141 e. The molecule has 1 N–H and O–H groups in total. The smallest absolute Gasteiger partial charge is 0.141 e. The van der Waals surface area contributed by atoms with Crippen LogP contribution < -0.4 is 10.2 Å². The van der Waals surface area contributed by atoms with Crippen molar-refractivity contribution in [1.82, 2.24) is 10.3 Å². The Morgan fingerprint density at radius 2 is 2.25 bits per heavy atom. The van der Waals surface area contributed by atoms with Crippen LogP contribution in [0, 0.1) is 11.7 Å². The van der Waals surface area contributed by atoms with Gasteiger partial charge >= 0.3 is 0 Å². The van der Waals surface area contributed by atoms with Crippen LogP contribution >= 0.6 is 0 Å². The lowest BCUT2D eigenvalue weighted by molar-refractivity contribution is 0.548. The third kappa shape index (κ3) is 5.29. The minimum absolute atomic E-state index is 0.287. The van der Waals surface area contributed by atoms with Crippen LogP contribution in [0.3, 0.4) is 0 Å². The Balaban J connectivity index is 2.89. The highest BCUT2D eigenvalue weighted by molar-refractivity contribution is 5.47. The summed E-state index contributed by atoms with van der Waals surface area (Å²) in [4.78, 5) is 6.41. The van der Waals surface area contributed by atoms with Gasteiger partial charge in [0, 0.05) is 25.2 Å². The average molecular weight is 279 g/mol. The van der Waals surface area contributed by atoms with E-state index in [2.05, 4.69) is 42.6 Å². The van der Waals surface area contributed by atoms with E-state index in [1.165, 1.54) is 6.20 Å². The predicted octanol–water partition coefficient (Wildman–Crippen LogP) is 3.37. The highest BCUT2D eigenvalue weighted by Gasteiger charge is 2.12. The minimum atomic E-state index is -0.287. The van der Waals surface area contributed by atoms with Gasteiger partial charge in [0.2, 0.25) is 0 Å². The quantitative estimate of drug-likeness (QED) is 0.702. The summed E-state index contributed by atoms with van der Waals surface area (Å²) in [6.45, 7) is 13.4. The second kappa shape index (κ2) is 8.69. The Morgan fingerprint density at radius 3 is 2.85 bits per heavy atom. The standard InChI is InChI=1S/C16H26FN3/c1-5-7-20(8-6-2)16-14(9-15(17)12-19-16)11-18-10-13(3)4/h5,9,12-13,18H,1,6-8,10-11H2,2-4H3. The molecule has 4 heteroatoms. The summed E-state index contributed by atoms with van der Waals surface area (Å²) in [6, 6.07) is 1.57. The number of halogens is 1. The normalized spacial score (nSPS) is 10.8. The van der Waals surface area contributed by atoms with E-state index in [4.69, 9.17) is 0 Å². The third-order valence-electron chi connectivity index (χ3n) is 2.92. The van der Waals surface area contributed by atoms with Gasteiger partial charge in [-0.25, -0.2) is 9.37 Å². The SMILES string of the molecule is C=CCN(CCC)c1ncc(F)cc1CNCC(C)C. The summed E-state index contributed by atoms with van der Waals surface area (Å²) in [7, 11) is 0. The van der Waals surface area contributed by atoms with Crippen LogP contribution in [0.1, 0.15) is 32.8 Å². The van der Waals surface area contributed by atoms with E-state index < -0.39 is 0 Å². The molecule has 1 aromatic rings. The largest absolute Gasteiger partial charge is 0.353 e. The monoisotopic (exact) mass is 279 g/mol. The van der Waals surface area contributed by atoms with Crippen molar-refractivity contribution in [3.63, 3.8) is 0 Å². The fourth-order valence-electron chi connectivity index (χ4n) is 2.09. The van der Waals surface area contributed by atoms with E-state index in [1.54, 1.807) is 6.07 Å². The van der Waals surface area contributed by atoms with E-state index in [9.17, 15) is 4.39 Å². The average Bonchev–Trinajstić information content (AvgIpc) is 2.38. The fourth-order valence-corrected chi connectivity index (χ4v) is 2.09. The summed E-state index contributed by atoms with van der Waals surface area (Å²) < 4.78 is 13.4. The lowest BCUT2D eigenvalue weighted by Crippen LogP contribution is -2.28. The summed E-state index contributed by atoms with van der Waals surface area (Å²) in [6.07, 6.45) is 4.16. The van der Waals surface area contributed by atoms with Gasteiger partial charge in [0.1, 0.15) is 11.6 Å². The van der Waals surface area contributed by atoms with E-state index in [0.717, 1.165) is 37.4 Å². The molecule has 0 spiro atoms. The van der Waals surface area contributed by atoms with Crippen molar-refractivity contribution < 1.29 is 4.39 Å². The van der Waals surface area contributed by atoms with Gasteiger partial charge in [-0.05, 0) is 24.9 Å². The number of aromatic nitrogens is 1. The molecule has 1 rings (SSSR count). The number of hydrogen-bond acceptors (Lipinski definition) is 3. The van der Waals surface area contributed by atoms with Crippen LogP contribution in [-0.2, 0) is 6.54 Å². The maximum atomic E-state index is 13.4. The van der Waals surface area contributed by atoms with Crippen molar-refractivity contribution in [2.24, 2.45) is 5.92 Å². The summed E-state index contributed by atoms with van der Waals surface area (Å²) >= 11 is 0. The van der Waals surface area contributed by atoms with Crippen LogP contribution in [0.2, 0.25) is 0 Å². The Bertz CT molecular complexity index is 418. The van der Waals surface area contributed by atoms with Crippen molar-refractivity contribution in [2.75, 3.05) is 24.5 Å². The molecule has 0 aliphatic rings. The molecule has 0 saturated heterocycles. The molecule has 1 aromatic heterocycles. The first kappa shape index (κ1) is 16.6. The van der Waals surface area contributed by atoms with Gasteiger partial charge in [-0.1, -0.05) is 26.8 Å². The van der Waals surface area contributed by atoms with E-state index >= 15 is 0 Å². The number of rotatable bonds is 9. The lowest BCUT2D eigenvalue weighted by Gasteiger charge is -2.24. The van der Waals surface area contributed by atoms with E-state index in [1.807, 2.05) is 6.08 Å². The zero-order chi connectivity index (χ0) is 15.0. The predicted molar refractivity (Wildman–Crippen MR) is 83.4 cm³/mol. The van der Waals surface area contributed by atoms with Crippen LogP contribution in [0.5, 0.6) is 0 Å². The number of nitrogens with one attached hydrogen (secondary N) is 1. The molecule has 0 aromatic carbocycles. The molecule has 0 aliphatic carbocycles. The number of nitrogens with zero attached hydrogens (tertiary/aromatic N) is 2. The Morgan fingerprint density at radius 1 is 1.50 bits per heavy atom. The van der Waals surface area contributed by atoms with E-state index in [-0.39, 0.29) is 5.82 Å². The van der Waals surface area contributed by atoms with Gasteiger partial charge in [0.15, 0.2) is 0 Å². The fraction of sp³-hybridized carbons (Fsp3) is 0.562. The maximum absolute atomic E-state index is 13.4. The number of hydrogen-bond donors (Lipinski definition) is 1. The van der Waals surface area contributed by atoms with Crippen LogP contribution in [0.25, 0.3) is 0 Å². The molecule has 20 heavy (non-hydrogen) atoms. The first-order valence-electron chi connectivity index (χ1n) is 7.29. The van der Waals surface area contributed by atoms with Gasteiger partial charge in [0.05, 0.1) is 6.20 Å². The zero-order valence-electron chi connectivity index (χ0n) is 12.8. The van der Waals surface area contributed by atoms with Gasteiger partial charge in [0.25, 0.3) is 0 Å². The molecule has 0 atom stereocenters. The molecule has 0 aliphatic heterocycles. The van der Waals surface area contributed by atoms with Gasteiger partial charge in [-0.2, -0.15) is 0 Å². The van der Waals surface area contributed by atoms with Gasteiger partial charge in [-0.3, -0.25) is 0 Å². The van der Waals surface area contributed by atoms with Gasteiger partial charge in [-0.15, -0.1) is 6.58 Å². The Labute approximate surface area is 121 Å². The molecule has 0 bridgehead atoms. The molecule has 0 fully saturated rings. The Hall–Kier alpha value is -1.42. The Kier molecular flexibility index (Phi) is 7.23. The molecule has 0 unspecified atom stereocenters. The zero-order valence-corrected chi connectivity index (χ0v) is 12.8. The lowest BCUT2D eigenvalue weighted by atomic mass is 10.2. The molecule has 3 nitrogen and oxygen atoms in total. The highest BCUT2D eigenvalue weighted by atomic mass is 19.1. The van der Waals surface area contributed by atoms with Crippen molar-refractivity contribution in [1.29, 1.82) is 0 Å². The molecule has 0 amide bonds. The first-order chi connectivity index (χ1) is 9.58. The molecule has 0 saturated carbocycles. The van der Waals surface area contributed by atoms with Crippen molar-refractivity contribution in [2.45, 2.75) is 33.7 Å². The highest BCUT2D eigenvalue weighted by Crippen LogP contribution is 2.19. The van der Waals surface area contributed by atoms with E-state index in [0.29, 0.717) is 12.5 Å². The number of pyridine rings is 1. The minimum Gasteiger partial charge on any atom is -0.353 e. The van der Waals surface area contributed by atoms with Crippen molar-refractivity contribution >= 4 is 5.82 Å². The number of anilines is 1. The topological polar surface area (TPSA) is 28.2 Å². The molecule has 0 radical (unpaired) electrons. The molecule has 1 heterocycles. The second-order valence-electron chi connectivity index (χ2n) is 5.40. The molecule has 112 valence electrons. The summed E-state index contributed by atoms with van der Waals surface area (Å²) in [5.41, 5.74) is 0.904. The molecular formula is C16H26FN3. The second-order valence-corrected chi connectivity index (χ2v) is 5.40. The van der Waals surface area contributed by atoms with Crippen LogP contribution in [0.4, 0.5) is 10.2 Å². The molecular weight excluding hydrogens is 253 g/mol. The first-order valence-corrected chi connectivity index (χ1v) is 7.29. The summed E-state index contributed by atoms with van der Waals surface area (Å²) in [5.74, 6) is 1.13. The third-order valence-corrected chi connectivity index (χ3v) is 2.92.